The first-order valence-electron chi connectivity index (χ1n) is 7.80. The van der Waals surface area contributed by atoms with Crippen LogP contribution in [0.3, 0.4) is 0 Å². The van der Waals surface area contributed by atoms with E-state index in [0.29, 0.717) is 13.1 Å². The van der Waals surface area contributed by atoms with E-state index in [9.17, 15) is 14.0 Å². The summed E-state index contributed by atoms with van der Waals surface area (Å²) in [6.07, 6.45) is 3.81. The Morgan fingerprint density at radius 2 is 2.12 bits per heavy atom. The average molecular weight is 327 g/mol. The van der Waals surface area contributed by atoms with Crippen LogP contribution in [0.2, 0.25) is 0 Å². The van der Waals surface area contributed by atoms with Crippen LogP contribution in [0, 0.1) is 5.82 Å². The van der Waals surface area contributed by atoms with Gasteiger partial charge in [0.15, 0.2) is 0 Å². The number of nitrogens with one attached hydrogen (secondary N) is 1. The highest BCUT2D eigenvalue weighted by Gasteiger charge is 2.30. The highest BCUT2D eigenvalue weighted by molar-refractivity contribution is 5.83. The van der Waals surface area contributed by atoms with Crippen molar-refractivity contribution >= 4 is 11.8 Å². The van der Waals surface area contributed by atoms with Gasteiger partial charge in [-0.25, -0.2) is 4.39 Å². The van der Waals surface area contributed by atoms with Gasteiger partial charge in [-0.05, 0) is 29.3 Å². The minimum absolute atomic E-state index is 0.0362. The smallest absolute Gasteiger partial charge is 0.225 e. The Labute approximate surface area is 139 Å². The minimum atomic E-state index is -0.319. The normalized spacial score (nSPS) is 17.1. The Morgan fingerprint density at radius 1 is 1.29 bits per heavy atom. The maximum Gasteiger partial charge on any atom is 0.225 e. The molecule has 1 aliphatic rings. The molecular weight excluding hydrogens is 309 g/mol. The van der Waals surface area contributed by atoms with Crippen molar-refractivity contribution in [3.05, 3.63) is 65.7 Å². The zero-order valence-electron chi connectivity index (χ0n) is 13.1. The topological polar surface area (TPSA) is 62.3 Å². The predicted molar refractivity (Wildman–Crippen MR) is 86.3 cm³/mol. The molecule has 1 fully saturated rings. The quantitative estimate of drug-likeness (QED) is 0.909. The van der Waals surface area contributed by atoms with Crippen molar-refractivity contribution in [2.24, 2.45) is 0 Å². The van der Waals surface area contributed by atoms with Crippen LogP contribution in [-0.2, 0) is 22.6 Å². The number of halogens is 1. The molecule has 1 N–H and O–H groups in total. The molecule has 0 bridgehead atoms. The van der Waals surface area contributed by atoms with Crippen molar-refractivity contribution in [3.63, 3.8) is 0 Å². The summed E-state index contributed by atoms with van der Waals surface area (Å²) >= 11 is 0. The van der Waals surface area contributed by atoms with Crippen molar-refractivity contribution in [2.45, 2.75) is 25.4 Å². The second-order valence-corrected chi connectivity index (χ2v) is 5.91. The van der Waals surface area contributed by atoms with Crippen LogP contribution >= 0.6 is 0 Å². The monoisotopic (exact) mass is 327 g/mol. The summed E-state index contributed by atoms with van der Waals surface area (Å²) in [7, 11) is 0. The molecule has 2 aromatic rings. The van der Waals surface area contributed by atoms with Crippen LogP contribution in [0.15, 0.2) is 48.8 Å². The highest BCUT2D eigenvalue weighted by Crippen LogP contribution is 2.16. The fourth-order valence-corrected chi connectivity index (χ4v) is 2.84. The fourth-order valence-electron chi connectivity index (χ4n) is 2.84. The van der Waals surface area contributed by atoms with Crippen LogP contribution in [0.1, 0.15) is 17.5 Å². The van der Waals surface area contributed by atoms with Crippen molar-refractivity contribution in [2.75, 3.05) is 6.54 Å². The molecule has 1 aliphatic heterocycles. The summed E-state index contributed by atoms with van der Waals surface area (Å²) in [4.78, 5) is 29.8. The number of nitrogens with zero attached hydrogens (tertiary/aromatic N) is 2. The molecule has 24 heavy (non-hydrogen) atoms. The molecule has 0 aliphatic carbocycles. The van der Waals surface area contributed by atoms with E-state index in [2.05, 4.69) is 10.3 Å². The Bertz CT molecular complexity index is 736. The van der Waals surface area contributed by atoms with E-state index < -0.39 is 0 Å². The van der Waals surface area contributed by atoms with E-state index in [1.54, 1.807) is 35.5 Å². The third-order valence-corrected chi connectivity index (χ3v) is 3.93. The molecule has 124 valence electrons. The summed E-state index contributed by atoms with van der Waals surface area (Å²) in [5.74, 6) is -0.486. The fraction of sp³-hybridized carbons (Fsp3) is 0.278. The van der Waals surface area contributed by atoms with E-state index in [-0.39, 0.29) is 36.5 Å². The summed E-state index contributed by atoms with van der Waals surface area (Å²) in [5.41, 5.74) is 1.57. The maximum absolute atomic E-state index is 13.2. The number of pyridine rings is 1. The van der Waals surface area contributed by atoms with Gasteiger partial charge in [-0.2, -0.15) is 0 Å². The van der Waals surface area contributed by atoms with Gasteiger partial charge in [-0.15, -0.1) is 0 Å². The highest BCUT2D eigenvalue weighted by atomic mass is 19.1. The van der Waals surface area contributed by atoms with E-state index in [4.69, 9.17) is 0 Å². The second kappa shape index (κ2) is 7.21. The molecule has 0 unspecified atom stereocenters. The molecule has 0 radical (unpaired) electrons. The third kappa shape index (κ3) is 4.16. The van der Waals surface area contributed by atoms with Gasteiger partial charge in [0, 0.05) is 31.9 Å². The Hall–Kier alpha value is -2.76. The SMILES string of the molecule is O=C(Cc1cccnc1)N[C@H]1CC(=O)N(Cc2cccc(F)c2)C1. The van der Waals surface area contributed by atoms with Crippen LogP contribution in [0.5, 0.6) is 0 Å². The molecular formula is C18H18FN3O2. The first-order chi connectivity index (χ1) is 11.6. The van der Waals surface area contributed by atoms with Crippen molar-refractivity contribution in [3.8, 4) is 0 Å². The first-order valence-corrected chi connectivity index (χ1v) is 7.80. The standard InChI is InChI=1S/C18H18FN3O2/c19-15-5-1-3-14(7-15)11-22-12-16(9-18(22)24)21-17(23)8-13-4-2-6-20-10-13/h1-7,10,16H,8-9,11-12H2,(H,21,23)/t16-/m0/s1. The van der Waals surface area contributed by atoms with Crippen LogP contribution in [0.25, 0.3) is 0 Å². The van der Waals surface area contributed by atoms with Gasteiger partial charge >= 0.3 is 0 Å². The van der Waals surface area contributed by atoms with Crippen LogP contribution in [0.4, 0.5) is 4.39 Å². The van der Waals surface area contributed by atoms with Crippen molar-refractivity contribution in [1.82, 2.24) is 15.2 Å². The summed E-state index contributed by atoms with van der Waals surface area (Å²) < 4.78 is 13.2. The van der Waals surface area contributed by atoms with Gasteiger partial charge in [0.25, 0.3) is 0 Å². The lowest BCUT2D eigenvalue weighted by Crippen LogP contribution is -2.37. The molecule has 6 heteroatoms. The van der Waals surface area contributed by atoms with E-state index in [1.807, 2.05) is 6.07 Å². The van der Waals surface area contributed by atoms with Gasteiger partial charge in [0.2, 0.25) is 11.8 Å². The average Bonchev–Trinajstić information content (AvgIpc) is 2.87. The van der Waals surface area contributed by atoms with Gasteiger partial charge in [0.1, 0.15) is 5.82 Å². The molecule has 3 rings (SSSR count). The molecule has 1 aromatic carbocycles. The molecule has 5 nitrogen and oxygen atoms in total. The predicted octanol–water partition coefficient (Wildman–Crippen LogP) is 1.68. The van der Waals surface area contributed by atoms with Gasteiger partial charge in [0.05, 0.1) is 12.5 Å². The number of hydrogen-bond donors (Lipinski definition) is 1. The van der Waals surface area contributed by atoms with E-state index in [1.165, 1.54) is 12.1 Å². The molecule has 0 spiro atoms. The van der Waals surface area contributed by atoms with Crippen LogP contribution < -0.4 is 5.32 Å². The molecule has 0 saturated carbocycles. The van der Waals surface area contributed by atoms with E-state index in [0.717, 1.165) is 11.1 Å². The molecule has 2 heterocycles. The number of amides is 2. The summed E-state index contributed by atoms with van der Waals surface area (Å²) in [5, 5.41) is 2.88. The number of carbonyl (C=O) groups is 2. The number of likely N-dealkylation sites (tertiary alicyclic amines) is 1. The van der Waals surface area contributed by atoms with Gasteiger partial charge in [-0.3, -0.25) is 14.6 Å². The lowest BCUT2D eigenvalue weighted by Gasteiger charge is -2.17. The molecule has 2 amide bonds. The van der Waals surface area contributed by atoms with Gasteiger partial charge < -0.3 is 10.2 Å². The molecule has 1 saturated heterocycles. The van der Waals surface area contributed by atoms with Crippen molar-refractivity contribution in [1.29, 1.82) is 0 Å². The maximum atomic E-state index is 13.2. The zero-order chi connectivity index (χ0) is 16.9. The third-order valence-electron chi connectivity index (χ3n) is 3.93. The Morgan fingerprint density at radius 3 is 2.88 bits per heavy atom. The Kier molecular flexibility index (Phi) is 4.84. The number of aromatic nitrogens is 1. The number of benzene rings is 1. The summed E-state index contributed by atoms with van der Waals surface area (Å²) in [6.45, 7) is 0.791. The van der Waals surface area contributed by atoms with Gasteiger partial charge in [-0.1, -0.05) is 18.2 Å². The second-order valence-electron chi connectivity index (χ2n) is 5.91. The molecule has 1 aromatic heterocycles. The lowest BCUT2D eigenvalue weighted by molar-refractivity contribution is -0.128. The zero-order valence-corrected chi connectivity index (χ0v) is 13.1. The first kappa shape index (κ1) is 16.1. The largest absolute Gasteiger partial charge is 0.351 e. The molecule has 1 atom stereocenters. The summed E-state index contributed by atoms with van der Waals surface area (Å²) in [6, 6.07) is 9.60. The Balaban J connectivity index is 1.53. The number of rotatable bonds is 5. The number of carbonyl (C=O) groups excluding carboxylic acids is 2. The van der Waals surface area contributed by atoms with E-state index >= 15 is 0 Å². The minimum Gasteiger partial charge on any atom is -0.351 e. The number of hydrogen-bond acceptors (Lipinski definition) is 3. The van der Waals surface area contributed by atoms with Crippen molar-refractivity contribution < 1.29 is 14.0 Å². The lowest BCUT2D eigenvalue weighted by atomic mass is 10.2. The van der Waals surface area contributed by atoms with Crippen LogP contribution in [-0.4, -0.2) is 34.3 Å².